The summed E-state index contributed by atoms with van der Waals surface area (Å²) in [5, 5.41) is 12.4. The molecule has 1 unspecified atom stereocenters. The van der Waals surface area contributed by atoms with E-state index in [4.69, 9.17) is 4.42 Å². The summed E-state index contributed by atoms with van der Waals surface area (Å²) >= 11 is 1.44. The second-order valence-electron chi connectivity index (χ2n) is 4.66. The van der Waals surface area contributed by atoms with E-state index in [2.05, 4.69) is 20.3 Å². The molecule has 118 valence electrons. The quantitative estimate of drug-likeness (QED) is 0.525. The van der Waals surface area contributed by atoms with E-state index in [1.54, 1.807) is 16.8 Å². The SMILES string of the molecule is COC(=O)c1ccc(C(C)Sc2nnnn2-c2ccccc2)o1. The highest BCUT2D eigenvalue weighted by Crippen LogP contribution is 2.34. The van der Waals surface area contributed by atoms with Crippen molar-refractivity contribution in [1.29, 1.82) is 0 Å². The number of hydrogen-bond donors (Lipinski definition) is 0. The van der Waals surface area contributed by atoms with Gasteiger partial charge in [-0.3, -0.25) is 0 Å². The van der Waals surface area contributed by atoms with Crippen molar-refractivity contribution >= 4 is 17.7 Å². The van der Waals surface area contributed by atoms with Crippen molar-refractivity contribution in [3.63, 3.8) is 0 Å². The summed E-state index contributed by atoms with van der Waals surface area (Å²) in [5.41, 5.74) is 0.877. The highest BCUT2D eigenvalue weighted by Gasteiger charge is 2.19. The van der Waals surface area contributed by atoms with Crippen LogP contribution in [0.5, 0.6) is 0 Å². The third-order valence-corrected chi connectivity index (χ3v) is 4.19. The summed E-state index contributed by atoms with van der Waals surface area (Å²) in [6, 6.07) is 13.0. The van der Waals surface area contributed by atoms with Crippen LogP contribution in [0.3, 0.4) is 0 Å². The number of furan rings is 1. The predicted octanol–water partition coefficient (Wildman–Crippen LogP) is 2.90. The van der Waals surface area contributed by atoms with Gasteiger partial charge in [0.2, 0.25) is 10.9 Å². The number of aromatic nitrogens is 4. The molecule has 2 heterocycles. The summed E-state index contributed by atoms with van der Waals surface area (Å²) in [6.07, 6.45) is 0. The topological polar surface area (TPSA) is 83.0 Å². The number of tetrazole rings is 1. The minimum atomic E-state index is -0.498. The fourth-order valence-electron chi connectivity index (χ4n) is 1.98. The van der Waals surface area contributed by atoms with Gasteiger partial charge in [0.15, 0.2) is 0 Å². The van der Waals surface area contributed by atoms with Crippen molar-refractivity contribution in [2.75, 3.05) is 7.11 Å². The molecule has 0 radical (unpaired) electrons. The van der Waals surface area contributed by atoms with Crippen molar-refractivity contribution in [2.24, 2.45) is 0 Å². The van der Waals surface area contributed by atoms with Gasteiger partial charge in [0.25, 0.3) is 0 Å². The van der Waals surface area contributed by atoms with Gasteiger partial charge in [-0.05, 0) is 41.6 Å². The van der Waals surface area contributed by atoms with Crippen molar-refractivity contribution in [3.8, 4) is 5.69 Å². The van der Waals surface area contributed by atoms with Crippen molar-refractivity contribution < 1.29 is 13.9 Å². The molecule has 3 rings (SSSR count). The number of carbonyl (C=O) groups is 1. The molecule has 0 aliphatic rings. The third-order valence-electron chi connectivity index (χ3n) is 3.14. The van der Waals surface area contributed by atoms with Crippen LogP contribution in [0.4, 0.5) is 0 Å². The van der Waals surface area contributed by atoms with E-state index in [1.807, 2.05) is 37.3 Å². The van der Waals surface area contributed by atoms with E-state index in [0.29, 0.717) is 10.9 Å². The zero-order chi connectivity index (χ0) is 16.2. The average molecular weight is 330 g/mol. The fraction of sp³-hybridized carbons (Fsp3) is 0.200. The molecule has 0 aliphatic heterocycles. The van der Waals surface area contributed by atoms with Crippen molar-refractivity contribution in [1.82, 2.24) is 20.2 Å². The minimum absolute atomic E-state index is 0.0677. The highest BCUT2D eigenvalue weighted by atomic mass is 32.2. The number of ether oxygens (including phenoxy) is 1. The summed E-state index contributed by atoms with van der Waals surface area (Å²) in [4.78, 5) is 11.4. The summed E-state index contributed by atoms with van der Waals surface area (Å²) in [5.74, 6) is 0.332. The molecule has 0 saturated carbocycles. The number of esters is 1. The molecule has 0 aliphatic carbocycles. The number of nitrogens with zero attached hydrogens (tertiary/aromatic N) is 4. The van der Waals surface area contributed by atoms with E-state index in [9.17, 15) is 4.79 Å². The molecule has 3 aromatic rings. The van der Waals surface area contributed by atoms with Gasteiger partial charge in [0.1, 0.15) is 5.76 Å². The molecule has 2 aromatic heterocycles. The first-order valence-electron chi connectivity index (χ1n) is 6.87. The van der Waals surface area contributed by atoms with Gasteiger partial charge in [0.05, 0.1) is 18.0 Å². The summed E-state index contributed by atoms with van der Waals surface area (Å²) in [7, 11) is 1.32. The molecule has 1 atom stereocenters. The average Bonchev–Trinajstić information content (AvgIpc) is 3.24. The van der Waals surface area contributed by atoms with E-state index < -0.39 is 5.97 Å². The Kier molecular flexibility index (Phi) is 4.42. The third kappa shape index (κ3) is 3.26. The normalized spacial score (nSPS) is 12.1. The lowest BCUT2D eigenvalue weighted by atomic mass is 10.3. The standard InChI is InChI=1S/C15H14N4O3S/c1-10(12-8-9-13(22-12)14(20)21-2)23-15-16-17-18-19(15)11-6-4-3-5-7-11/h3-10H,1-2H3. The molecule has 0 saturated heterocycles. The first-order valence-corrected chi connectivity index (χ1v) is 7.75. The molecular formula is C15H14N4O3S. The second-order valence-corrected chi connectivity index (χ2v) is 5.97. The predicted molar refractivity (Wildman–Crippen MR) is 83.5 cm³/mol. The highest BCUT2D eigenvalue weighted by molar-refractivity contribution is 7.99. The molecule has 23 heavy (non-hydrogen) atoms. The van der Waals surface area contributed by atoms with Crippen LogP contribution in [0, 0.1) is 0 Å². The van der Waals surface area contributed by atoms with Crippen LogP contribution in [0.1, 0.15) is 28.5 Å². The minimum Gasteiger partial charge on any atom is -0.463 e. The smallest absolute Gasteiger partial charge is 0.373 e. The summed E-state index contributed by atoms with van der Waals surface area (Å²) < 4.78 is 11.8. The molecule has 0 spiro atoms. The molecule has 0 amide bonds. The Labute approximate surface area is 136 Å². The van der Waals surface area contributed by atoms with Gasteiger partial charge in [-0.25, -0.2) is 4.79 Å². The summed E-state index contributed by atoms with van der Waals surface area (Å²) in [6.45, 7) is 1.95. The maximum Gasteiger partial charge on any atom is 0.373 e. The number of methoxy groups -OCH3 is 1. The van der Waals surface area contributed by atoms with Gasteiger partial charge in [-0.1, -0.05) is 30.0 Å². The second kappa shape index (κ2) is 6.66. The molecule has 7 nitrogen and oxygen atoms in total. The Morgan fingerprint density at radius 3 is 2.78 bits per heavy atom. The van der Waals surface area contributed by atoms with Crippen molar-refractivity contribution in [2.45, 2.75) is 17.3 Å². The van der Waals surface area contributed by atoms with Crippen LogP contribution >= 0.6 is 11.8 Å². The number of rotatable bonds is 5. The van der Waals surface area contributed by atoms with E-state index in [0.717, 1.165) is 5.69 Å². The molecule has 8 heteroatoms. The monoisotopic (exact) mass is 330 g/mol. The Bertz CT molecular complexity index is 800. The maximum absolute atomic E-state index is 11.4. The molecule has 0 bridgehead atoms. The molecule has 0 N–H and O–H groups in total. The Morgan fingerprint density at radius 2 is 2.04 bits per heavy atom. The van der Waals surface area contributed by atoms with E-state index in [-0.39, 0.29) is 11.0 Å². The van der Waals surface area contributed by atoms with E-state index in [1.165, 1.54) is 18.9 Å². The fourth-order valence-corrected chi connectivity index (χ4v) is 2.87. The lowest BCUT2D eigenvalue weighted by Crippen LogP contribution is -2.00. The zero-order valence-corrected chi connectivity index (χ0v) is 13.4. The van der Waals surface area contributed by atoms with Crippen molar-refractivity contribution in [3.05, 3.63) is 54.0 Å². The van der Waals surface area contributed by atoms with Crippen LogP contribution in [0.15, 0.2) is 52.0 Å². The zero-order valence-electron chi connectivity index (χ0n) is 12.5. The van der Waals surface area contributed by atoms with Crippen LogP contribution in [-0.4, -0.2) is 33.3 Å². The van der Waals surface area contributed by atoms with Crippen LogP contribution in [-0.2, 0) is 4.74 Å². The first kappa shape index (κ1) is 15.3. The van der Waals surface area contributed by atoms with Crippen LogP contribution < -0.4 is 0 Å². The molecule has 1 aromatic carbocycles. The largest absolute Gasteiger partial charge is 0.463 e. The van der Waals surface area contributed by atoms with Gasteiger partial charge in [-0.15, -0.1) is 5.10 Å². The lowest BCUT2D eigenvalue weighted by Gasteiger charge is -2.08. The number of thioether (sulfide) groups is 1. The van der Waals surface area contributed by atoms with E-state index >= 15 is 0 Å². The van der Waals surface area contributed by atoms with Gasteiger partial charge < -0.3 is 9.15 Å². The Morgan fingerprint density at radius 1 is 1.26 bits per heavy atom. The van der Waals surface area contributed by atoms with Crippen LogP contribution in [0.2, 0.25) is 0 Å². The van der Waals surface area contributed by atoms with Gasteiger partial charge >= 0.3 is 5.97 Å². The number of carbonyl (C=O) groups excluding carboxylic acids is 1. The lowest BCUT2D eigenvalue weighted by molar-refractivity contribution is 0.0563. The van der Waals surface area contributed by atoms with Crippen LogP contribution in [0.25, 0.3) is 5.69 Å². The Hall–Kier alpha value is -2.61. The Balaban J connectivity index is 1.79. The maximum atomic E-state index is 11.4. The van der Waals surface area contributed by atoms with Gasteiger partial charge in [-0.2, -0.15) is 4.68 Å². The number of hydrogen-bond acceptors (Lipinski definition) is 7. The number of benzene rings is 1. The first-order chi connectivity index (χ1) is 11.2. The molecular weight excluding hydrogens is 316 g/mol. The van der Waals surface area contributed by atoms with Gasteiger partial charge in [0, 0.05) is 0 Å². The molecule has 0 fully saturated rings. The number of para-hydroxylation sites is 1.